The number of aromatic amines is 1. The van der Waals surface area contributed by atoms with E-state index in [9.17, 15) is 4.79 Å². The van der Waals surface area contributed by atoms with Crippen molar-refractivity contribution in [2.45, 2.75) is 64.0 Å². The number of fused-ring (bicyclic) bond motifs is 1. The molecule has 2 N–H and O–H groups in total. The van der Waals surface area contributed by atoms with E-state index in [0.29, 0.717) is 11.5 Å². The SMILES string of the molecule is CCCN1CCC(Oc2ccc(-c3n[nH]c4ccc(C(=O)NC(c5ccccn5)C5CCCC5)cc34)cc2)CC1. The number of nitrogens with zero attached hydrogens (tertiary/aromatic N) is 3. The molecule has 2 fully saturated rings. The summed E-state index contributed by atoms with van der Waals surface area (Å²) >= 11 is 0. The minimum atomic E-state index is -0.0813. The van der Waals surface area contributed by atoms with Crippen molar-refractivity contribution < 1.29 is 9.53 Å². The maximum absolute atomic E-state index is 13.5. The number of hydrogen-bond donors (Lipinski definition) is 2. The molecule has 0 bridgehead atoms. The number of nitrogens with one attached hydrogen (secondary N) is 2. The number of likely N-dealkylation sites (tertiary alicyclic amines) is 1. The summed E-state index contributed by atoms with van der Waals surface area (Å²) in [5, 5.41) is 12.0. The predicted molar refractivity (Wildman–Crippen MR) is 158 cm³/mol. The highest BCUT2D eigenvalue weighted by Gasteiger charge is 2.29. The number of aromatic nitrogens is 3. The first-order valence-electron chi connectivity index (χ1n) is 14.9. The molecule has 0 spiro atoms. The molecule has 1 amide bonds. The standard InChI is InChI=1S/C33H39N5O2/c1-2-19-38-20-16-27(17-21-38)40-26-13-10-24(11-14-26)31-28-22-25(12-15-29(28)36-37-31)33(39)35-32(23-7-3-4-8-23)30-9-5-6-18-34-30/h5-6,9-15,18,22-23,27,32H,2-4,7-8,16-17,19-21H2,1H3,(H,35,39)(H,36,37). The summed E-state index contributed by atoms with van der Waals surface area (Å²) in [6, 6.07) is 19.8. The Morgan fingerprint density at radius 3 is 2.58 bits per heavy atom. The zero-order valence-electron chi connectivity index (χ0n) is 23.3. The van der Waals surface area contributed by atoms with E-state index in [2.05, 4.69) is 44.5 Å². The summed E-state index contributed by atoms with van der Waals surface area (Å²) in [5.41, 5.74) is 4.29. The quantitative estimate of drug-likeness (QED) is 0.253. The lowest BCUT2D eigenvalue weighted by atomic mass is 9.94. The molecule has 7 nitrogen and oxygen atoms in total. The van der Waals surface area contributed by atoms with E-state index < -0.39 is 0 Å². The van der Waals surface area contributed by atoms with E-state index in [1.807, 2.05) is 48.5 Å². The Morgan fingerprint density at radius 2 is 1.85 bits per heavy atom. The van der Waals surface area contributed by atoms with Crippen molar-refractivity contribution in [3.63, 3.8) is 0 Å². The molecular weight excluding hydrogens is 498 g/mol. The van der Waals surface area contributed by atoms with Gasteiger partial charge >= 0.3 is 0 Å². The molecule has 1 atom stereocenters. The van der Waals surface area contributed by atoms with Gasteiger partial charge in [0.15, 0.2) is 0 Å². The van der Waals surface area contributed by atoms with Crippen molar-refractivity contribution in [2.75, 3.05) is 19.6 Å². The van der Waals surface area contributed by atoms with Gasteiger partial charge in [-0.2, -0.15) is 5.10 Å². The van der Waals surface area contributed by atoms with Crippen LogP contribution in [0.25, 0.3) is 22.2 Å². The highest BCUT2D eigenvalue weighted by atomic mass is 16.5. The Balaban J connectivity index is 1.17. The third kappa shape index (κ3) is 5.89. The molecule has 1 saturated carbocycles. The van der Waals surface area contributed by atoms with Gasteiger partial charge in [0, 0.05) is 35.8 Å². The zero-order valence-corrected chi connectivity index (χ0v) is 23.3. The minimum Gasteiger partial charge on any atom is -0.490 e. The van der Waals surface area contributed by atoms with Gasteiger partial charge < -0.3 is 15.0 Å². The van der Waals surface area contributed by atoms with Gasteiger partial charge in [-0.25, -0.2) is 0 Å². The van der Waals surface area contributed by atoms with Crippen LogP contribution in [-0.4, -0.2) is 51.7 Å². The largest absolute Gasteiger partial charge is 0.490 e. The van der Waals surface area contributed by atoms with Crippen molar-refractivity contribution in [1.82, 2.24) is 25.4 Å². The van der Waals surface area contributed by atoms with Crippen LogP contribution < -0.4 is 10.1 Å². The van der Waals surface area contributed by atoms with Crippen LogP contribution in [0.4, 0.5) is 0 Å². The maximum Gasteiger partial charge on any atom is 0.251 e. The lowest BCUT2D eigenvalue weighted by Gasteiger charge is -2.31. The zero-order chi connectivity index (χ0) is 27.3. The Kier molecular flexibility index (Phi) is 8.09. The highest BCUT2D eigenvalue weighted by molar-refractivity contribution is 6.01. The topological polar surface area (TPSA) is 83.1 Å². The number of hydrogen-bond acceptors (Lipinski definition) is 5. The van der Waals surface area contributed by atoms with Crippen LogP contribution in [0.2, 0.25) is 0 Å². The molecule has 1 unspecified atom stereocenters. The summed E-state index contributed by atoms with van der Waals surface area (Å²) < 4.78 is 6.29. The van der Waals surface area contributed by atoms with Gasteiger partial charge in [0.05, 0.1) is 22.9 Å². The fourth-order valence-corrected chi connectivity index (χ4v) is 6.33. The lowest BCUT2D eigenvalue weighted by molar-refractivity contribution is 0.0920. The first-order valence-corrected chi connectivity index (χ1v) is 14.9. The second kappa shape index (κ2) is 12.2. The number of carbonyl (C=O) groups is 1. The van der Waals surface area contributed by atoms with E-state index in [1.165, 1.54) is 25.8 Å². The van der Waals surface area contributed by atoms with Crippen LogP contribution in [0.5, 0.6) is 5.75 Å². The van der Waals surface area contributed by atoms with Crippen molar-refractivity contribution in [3.8, 4) is 17.0 Å². The normalized spacial score (nSPS) is 17.7. The fourth-order valence-electron chi connectivity index (χ4n) is 6.33. The molecule has 3 heterocycles. The van der Waals surface area contributed by atoms with E-state index in [1.54, 1.807) is 6.20 Å². The molecule has 1 saturated heterocycles. The molecular formula is C33H39N5O2. The first-order chi connectivity index (χ1) is 19.7. The molecule has 208 valence electrons. The van der Waals surface area contributed by atoms with Gasteiger partial charge in [-0.15, -0.1) is 0 Å². The number of H-pyrrole nitrogens is 1. The highest BCUT2D eigenvalue weighted by Crippen LogP contribution is 2.35. The molecule has 0 radical (unpaired) electrons. The number of rotatable bonds is 9. The molecule has 7 heteroatoms. The lowest BCUT2D eigenvalue weighted by Crippen LogP contribution is -2.38. The predicted octanol–water partition coefficient (Wildman–Crippen LogP) is 6.54. The van der Waals surface area contributed by atoms with Crippen LogP contribution in [-0.2, 0) is 0 Å². The van der Waals surface area contributed by atoms with Crippen molar-refractivity contribution in [2.24, 2.45) is 5.92 Å². The van der Waals surface area contributed by atoms with Crippen molar-refractivity contribution >= 4 is 16.8 Å². The first kappa shape index (κ1) is 26.5. The average Bonchev–Trinajstić information content (AvgIpc) is 3.68. The Morgan fingerprint density at radius 1 is 1.05 bits per heavy atom. The van der Waals surface area contributed by atoms with E-state index >= 15 is 0 Å². The van der Waals surface area contributed by atoms with Gasteiger partial charge in [-0.05, 0) is 99.2 Å². The molecule has 1 aliphatic heterocycles. The molecule has 40 heavy (non-hydrogen) atoms. The number of piperidine rings is 1. The number of benzene rings is 2. The molecule has 2 aliphatic rings. The van der Waals surface area contributed by atoms with Crippen LogP contribution in [0.3, 0.4) is 0 Å². The van der Waals surface area contributed by atoms with Gasteiger partial charge in [0.2, 0.25) is 0 Å². The van der Waals surface area contributed by atoms with Gasteiger partial charge in [0.1, 0.15) is 11.9 Å². The Bertz CT molecular complexity index is 1400. The summed E-state index contributed by atoms with van der Waals surface area (Å²) in [7, 11) is 0. The second-order valence-electron chi connectivity index (χ2n) is 11.3. The van der Waals surface area contributed by atoms with E-state index in [4.69, 9.17) is 4.74 Å². The van der Waals surface area contributed by atoms with Crippen molar-refractivity contribution in [1.29, 1.82) is 0 Å². The number of ether oxygens (including phenoxy) is 1. The summed E-state index contributed by atoms with van der Waals surface area (Å²) in [5.74, 6) is 1.23. The Hall–Kier alpha value is -3.71. The van der Waals surface area contributed by atoms with E-state index in [-0.39, 0.29) is 18.1 Å². The monoisotopic (exact) mass is 537 g/mol. The molecule has 6 rings (SSSR count). The van der Waals surface area contributed by atoms with Crippen LogP contribution >= 0.6 is 0 Å². The van der Waals surface area contributed by atoms with Crippen LogP contribution in [0.15, 0.2) is 66.9 Å². The fraction of sp³-hybridized carbons (Fsp3) is 0.424. The van der Waals surface area contributed by atoms with Gasteiger partial charge in [0.25, 0.3) is 5.91 Å². The third-order valence-corrected chi connectivity index (χ3v) is 8.49. The third-order valence-electron chi connectivity index (χ3n) is 8.49. The van der Waals surface area contributed by atoms with Crippen LogP contribution in [0.1, 0.15) is 74.0 Å². The van der Waals surface area contributed by atoms with E-state index in [0.717, 1.165) is 72.4 Å². The number of carbonyl (C=O) groups excluding carboxylic acids is 1. The van der Waals surface area contributed by atoms with Gasteiger partial charge in [-0.1, -0.05) is 25.8 Å². The number of amides is 1. The van der Waals surface area contributed by atoms with Gasteiger partial charge in [-0.3, -0.25) is 14.9 Å². The molecule has 1 aliphatic carbocycles. The average molecular weight is 538 g/mol. The maximum atomic E-state index is 13.5. The Labute approximate surface area is 236 Å². The number of pyridine rings is 1. The smallest absolute Gasteiger partial charge is 0.251 e. The summed E-state index contributed by atoms with van der Waals surface area (Å²) in [6.45, 7) is 5.62. The molecule has 4 aromatic rings. The molecule has 2 aromatic carbocycles. The minimum absolute atomic E-state index is 0.0784. The second-order valence-corrected chi connectivity index (χ2v) is 11.3. The summed E-state index contributed by atoms with van der Waals surface area (Å²) in [4.78, 5) is 20.6. The molecule has 2 aromatic heterocycles. The summed E-state index contributed by atoms with van der Waals surface area (Å²) in [6.07, 6.45) is 10.1. The van der Waals surface area contributed by atoms with Crippen LogP contribution in [0, 0.1) is 5.92 Å². The van der Waals surface area contributed by atoms with Crippen molar-refractivity contribution in [3.05, 3.63) is 78.1 Å².